The number of hydrogen-bond donors (Lipinski definition) is 1. The lowest BCUT2D eigenvalue weighted by atomic mass is 9.95. The monoisotopic (exact) mass is 206 g/mol. The van der Waals surface area contributed by atoms with Gasteiger partial charge in [0, 0.05) is 19.2 Å². The topological polar surface area (TPSA) is 53.4 Å². The number of hydrogen-bond acceptors (Lipinski definition) is 3. The second-order valence-corrected chi connectivity index (χ2v) is 4.14. The molecule has 0 aromatic carbocycles. The predicted octanol–water partition coefficient (Wildman–Crippen LogP) is 0.968. The number of carbonyl (C=O) groups excluding carboxylic acids is 1. The van der Waals surface area contributed by atoms with Crippen LogP contribution in [-0.2, 0) is 5.72 Å². The fraction of sp³-hybridized carbons (Fsp3) is 0.455. The first-order valence-electron chi connectivity index (χ1n) is 4.95. The van der Waals surface area contributed by atoms with E-state index in [2.05, 4.69) is 4.98 Å². The molecule has 1 amide bonds. The second kappa shape index (κ2) is 3.03. The molecular formula is C11H14N2O2. The normalized spacial score (nSPS) is 24.9. The molecule has 1 aliphatic rings. The van der Waals surface area contributed by atoms with Gasteiger partial charge in [0.05, 0.1) is 5.56 Å². The van der Waals surface area contributed by atoms with Gasteiger partial charge >= 0.3 is 0 Å². The average molecular weight is 206 g/mol. The van der Waals surface area contributed by atoms with Crippen LogP contribution in [0.3, 0.4) is 0 Å². The Labute approximate surface area is 88.6 Å². The zero-order valence-electron chi connectivity index (χ0n) is 9.06. The van der Waals surface area contributed by atoms with Crippen molar-refractivity contribution in [1.29, 1.82) is 0 Å². The van der Waals surface area contributed by atoms with Crippen molar-refractivity contribution in [1.82, 2.24) is 9.88 Å². The van der Waals surface area contributed by atoms with E-state index in [4.69, 9.17) is 0 Å². The van der Waals surface area contributed by atoms with Crippen molar-refractivity contribution in [3.63, 3.8) is 0 Å². The molecule has 15 heavy (non-hydrogen) atoms. The first kappa shape index (κ1) is 10.1. The molecule has 4 heteroatoms. The van der Waals surface area contributed by atoms with E-state index < -0.39 is 5.72 Å². The molecule has 0 fully saturated rings. The number of carbonyl (C=O) groups is 1. The van der Waals surface area contributed by atoms with Crippen LogP contribution in [0, 0.1) is 5.92 Å². The summed E-state index contributed by atoms with van der Waals surface area (Å²) in [5, 5.41) is 10.5. The summed E-state index contributed by atoms with van der Waals surface area (Å²) in [4.78, 5) is 17.3. The molecule has 0 bridgehead atoms. The molecule has 4 nitrogen and oxygen atoms in total. The van der Waals surface area contributed by atoms with Crippen LogP contribution in [0.4, 0.5) is 0 Å². The van der Waals surface area contributed by atoms with Crippen molar-refractivity contribution >= 4 is 5.91 Å². The van der Waals surface area contributed by atoms with Crippen LogP contribution in [0.5, 0.6) is 0 Å². The molecule has 2 rings (SSSR count). The quantitative estimate of drug-likeness (QED) is 0.744. The molecule has 1 aliphatic heterocycles. The summed E-state index contributed by atoms with van der Waals surface area (Å²) in [5.41, 5.74) is -0.308. The van der Waals surface area contributed by atoms with Gasteiger partial charge in [0.2, 0.25) is 0 Å². The van der Waals surface area contributed by atoms with Gasteiger partial charge in [0.25, 0.3) is 5.91 Å². The first-order valence-corrected chi connectivity index (χ1v) is 4.95. The summed E-state index contributed by atoms with van der Waals surface area (Å²) < 4.78 is 0. The van der Waals surface area contributed by atoms with Crippen LogP contribution < -0.4 is 0 Å². The number of pyridine rings is 1. The average Bonchev–Trinajstić information content (AvgIpc) is 2.43. The van der Waals surface area contributed by atoms with Gasteiger partial charge in [-0.15, -0.1) is 0 Å². The van der Waals surface area contributed by atoms with E-state index in [-0.39, 0.29) is 11.8 Å². The first-order chi connectivity index (χ1) is 6.99. The number of rotatable bonds is 1. The zero-order valence-corrected chi connectivity index (χ0v) is 9.06. The number of fused-ring (bicyclic) bond motifs is 1. The Hall–Kier alpha value is -1.42. The second-order valence-electron chi connectivity index (χ2n) is 4.14. The maximum atomic E-state index is 11.8. The van der Waals surface area contributed by atoms with Crippen LogP contribution in [0.1, 0.15) is 29.9 Å². The van der Waals surface area contributed by atoms with Crippen LogP contribution in [0.2, 0.25) is 0 Å². The van der Waals surface area contributed by atoms with E-state index in [0.717, 1.165) is 0 Å². The van der Waals surface area contributed by atoms with E-state index >= 15 is 0 Å². The SMILES string of the molecule is CC(C)C1(O)c2ncccc2C(=O)N1C. The summed E-state index contributed by atoms with van der Waals surface area (Å²) in [6, 6.07) is 3.40. The van der Waals surface area contributed by atoms with Crippen molar-refractivity contribution in [2.75, 3.05) is 7.05 Å². The fourth-order valence-electron chi connectivity index (χ4n) is 2.03. The van der Waals surface area contributed by atoms with Gasteiger partial charge in [-0.05, 0) is 12.1 Å². The maximum absolute atomic E-state index is 11.8. The Morgan fingerprint density at radius 2 is 2.20 bits per heavy atom. The highest BCUT2D eigenvalue weighted by atomic mass is 16.3. The van der Waals surface area contributed by atoms with E-state index in [1.165, 1.54) is 4.90 Å². The smallest absolute Gasteiger partial charge is 0.258 e. The highest BCUT2D eigenvalue weighted by molar-refractivity contribution is 5.98. The molecule has 0 radical (unpaired) electrons. The molecule has 1 aromatic heterocycles. The van der Waals surface area contributed by atoms with Crippen LogP contribution >= 0.6 is 0 Å². The molecule has 1 N–H and O–H groups in total. The van der Waals surface area contributed by atoms with Crippen molar-refractivity contribution in [3.05, 3.63) is 29.6 Å². The lowest BCUT2D eigenvalue weighted by Gasteiger charge is -2.34. The molecule has 1 atom stereocenters. The molecule has 0 aliphatic carbocycles. The fourth-order valence-corrected chi connectivity index (χ4v) is 2.03. The number of aromatic nitrogens is 1. The van der Waals surface area contributed by atoms with Crippen molar-refractivity contribution in [2.45, 2.75) is 19.6 Å². The third kappa shape index (κ3) is 1.11. The molecule has 0 spiro atoms. The van der Waals surface area contributed by atoms with Crippen LogP contribution in [0.25, 0.3) is 0 Å². The Kier molecular flexibility index (Phi) is 2.04. The summed E-state index contributed by atoms with van der Waals surface area (Å²) >= 11 is 0. The molecular weight excluding hydrogens is 192 g/mol. The third-order valence-corrected chi connectivity index (χ3v) is 3.01. The van der Waals surface area contributed by atoms with Crippen LogP contribution in [-0.4, -0.2) is 27.9 Å². The summed E-state index contributed by atoms with van der Waals surface area (Å²) in [6.45, 7) is 3.74. The summed E-state index contributed by atoms with van der Waals surface area (Å²) in [5.74, 6) is -0.267. The van der Waals surface area contributed by atoms with Crippen molar-refractivity contribution < 1.29 is 9.90 Å². The van der Waals surface area contributed by atoms with E-state index in [1.54, 1.807) is 25.4 Å². The van der Waals surface area contributed by atoms with Gasteiger partial charge in [-0.25, -0.2) is 0 Å². The number of aliphatic hydroxyl groups is 1. The van der Waals surface area contributed by atoms with Gasteiger partial charge < -0.3 is 10.0 Å². The largest absolute Gasteiger partial charge is 0.365 e. The Balaban J connectivity index is 2.66. The number of amides is 1. The molecule has 2 heterocycles. The highest BCUT2D eigenvalue weighted by Gasteiger charge is 2.49. The molecule has 80 valence electrons. The predicted molar refractivity (Wildman–Crippen MR) is 55.1 cm³/mol. The molecule has 0 saturated carbocycles. The lowest BCUT2D eigenvalue weighted by molar-refractivity contribution is -0.111. The minimum atomic E-state index is -1.27. The summed E-state index contributed by atoms with van der Waals surface area (Å²) in [6.07, 6.45) is 1.60. The minimum Gasteiger partial charge on any atom is -0.365 e. The Bertz CT molecular complexity index is 417. The molecule has 1 aromatic rings. The van der Waals surface area contributed by atoms with Gasteiger partial charge in [-0.3, -0.25) is 9.78 Å². The maximum Gasteiger partial charge on any atom is 0.258 e. The highest BCUT2D eigenvalue weighted by Crippen LogP contribution is 2.39. The van der Waals surface area contributed by atoms with Gasteiger partial charge in [-0.2, -0.15) is 0 Å². The Morgan fingerprint density at radius 3 is 2.80 bits per heavy atom. The van der Waals surface area contributed by atoms with E-state index in [9.17, 15) is 9.90 Å². The standard InChI is InChI=1S/C11H14N2O2/c1-7(2)11(15)9-8(5-4-6-12-9)10(14)13(11)3/h4-7,15H,1-3H3. The zero-order chi connectivity index (χ0) is 11.2. The lowest BCUT2D eigenvalue weighted by Crippen LogP contribution is -2.45. The van der Waals surface area contributed by atoms with Gasteiger partial charge in [0.15, 0.2) is 5.72 Å². The Morgan fingerprint density at radius 1 is 1.53 bits per heavy atom. The molecule has 1 unspecified atom stereocenters. The van der Waals surface area contributed by atoms with Crippen molar-refractivity contribution in [3.8, 4) is 0 Å². The van der Waals surface area contributed by atoms with E-state index in [0.29, 0.717) is 11.3 Å². The molecule has 0 saturated heterocycles. The van der Waals surface area contributed by atoms with Crippen LogP contribution in [0.15, 0.2) is 18.3 Å². The van der Waals surface area contributed by atoms with Gasteiger partial charge in [-0.1, -0.05) is 13.8 Å². The summed E-state index contributed by atoms with van der Waals surface area (Å²) in [7, 11) is 1.60. The van der Waals surface area contributed by atoms with Crippen molar-refractivity contribution in [2.24, 2.45) is 5.92 Å². The third-order valence-electron chi connectivity index (χ3n) is 3.01. The number of nitrogens with zero attached hydrogens (tertiary/aromatic N) is 2. The van der Waals surface area contributed by atoms with Gasteiger partial charge in [0.1, 0.15) is 5.69 Å². The van der Waals surface area contributed by atoms with E-state index in [1.807, 2.05) is 13.8 Å². The minimum absolute atomic E-state index is 0.0948.